The Labute approximate surface area is 279 Å². The molecule has 2 aliphatic rings. The van der Waals surface area contributed by atoms with E-state index in [1.54, 1.807) is 0 Å². The zero-order valence-electron chi connectivity index (χ0n) is 28.5. The molecule has 6 N–H and O–H groups in total. The van der Waals surface area contributed by atoms with Gasteiger partial charge in [-0.05, 0) is 52.4 Å². The largest absolute Gasteiger partial charge is 0.481 e. The molecule has 274 valence electrons. The number of hydrogen-bond donors (Lipinski definition) is 6. The molecule has 0 spiro atoms. The van der Waals surface area contributed by atoms with Gasteiger partial charge in [0.1, 0.15) is 42.7 Å². The van der Waals surface area contributed by atoms with Crippen LogP contribution in [0.25, 0.3) is 0 Å². The molecular weight excluding hydrogens is 616 g/mol. The summed E-state index contributed by atoms with van der Waals surface area (Å²) in [5.41, 5.74) is 0. The lowest BCUT2D eigenvalue weighted by atomic mass is 9.98. The highest BCUT2D eigenvalue weighted by molar-refractivity contribution is 5.72. The number of allylic oxidation sites excluding steroid dienone is 2. The first-order valence-electron chi connectivity index (χ1n) is 17.5. The maximum Gasteiger partial charge on any atom is 0.308 e. The fraction of sp³-hybridized carbons (Fsp3) is 0.882. The summed E-state index contributed by atoms with van der Waals surface area (Å²) in [6, 6.07) is 0. The Hall–Kier alpha value is -1.68. The van der Waals surface area contributed by atoms with E-state index >= 15 is 0 Å². The zero-order valence-corrected chi connectivity index (χ0v) is 28.5. The summed E-state index contributed by atoms with van der Waals surface area (Å²) in [5.74, 6) is -1.70. The van der Waals surface area contributed by atoms with E-state index in [0.717, 1.165) is 57.8 Å². The second kappa shape index (κ2) is 22.1. The van der Waals surface area contributed by atoms with Crippen molar-refractivity contribution in [2.75, 3.05) is 0 Å². The third kappa shape index (κ3) is 14.4. The van der Waals surface area contributed by atoms with Crippen LogP contribution in [0.15, 0.2) is 12.2 Å². The number of unbranched alkanes of at least 4 members (excludes halogenated alkanes) is 7. The standard InChI is InChI=1S/C34H60O13/c1-5-7-9-11-12-14-16-18-24(20-26(37)45-23(19-25(35)36)17-15-13-10-8-6-2)46-34-32(30(41)28(39)22(4)44-34)47-33-31(42)29(40)27(38)21(3)43-33/h12,14,21-24,27-34,38-42H,5-11,13,15-20H2,1-4H3,(H,35,36)/b14-12+/t21-,22-,23+,24+,27-,28-,29+,30+,31+,32+,33-,34-/m0/s1. The van der Waals surface area contributed by atoms with Gasteiger partial charge in [-0.15, -0.1) is 0 Å². The van der Waals surface area contributed by atoms with E-state index in [-0.39, 0.29) is 12.8 Å². The van der Waals surface area contributed by atoms with Gasteiger partial charge in [-0.1, -0.05) is 64.5 Å². The molecule has 13 heteroatoms. The number of aliphatic hydroxyl groups excluding tert-OH is 5. The van der Waals surface area contributed by atoms with Crippen molar-refractivity contribution in [1.82, 2.24) is 0 Å². The van der Waals surface area contributed by atoms with E-state index in [2.05, 4.69) is 19.9 Å². The lowest BCUT2D eigenvalue weighted by molar-refractivity contribution is -0.366. The number of carboxylic acids is 1. The summed E-state index contributed by atoms with van der Waals surface area (Å²) >= 11 is 0. The van der Waals surface area contributed by atoms with Crippen LogP contribution in [0.2, 0.25) is 0 Å². The van der Waals surface area contributed by atoms with Crippen LogP contribution in [-0.2, 0) is 33.3 Å². The third-order valence-electron chi connectivity index (χ3n) is 8.73. The molecule has 0 aliphatic carbocycles. The first-order chi connectivity index (χ1) is 22.4. The SMILES string of the molecule is CCCCC/C=C/CC[C@H](CC(=O)O[C@H](CCCCCCC)CC(=O)O)O[C@@H]1O[C@@H](C)[C@H](O)[C@@H](O)[C@H]1O[C@@H]1O[C@@H](C)[C@H](O)[C@@H](O)[C@H]1O. The topological polar surface area (TPSA) is 202 Å². The molecule has 47 heavy (non-hydrogen) atoms. The quantitative estimate of drug-likeness (QED) is 0.0555. The molecule has 2 fully saturated rings. The Morgan fingerprint density at radius 2 is 1.28 bits per heavy atom. The Balaban J connectivity index is 2.19. The molecule has 2 rings (SSSR count). The number of rotatable bonds is 22. The van der Waals surface area contributed by atoms with Crippen LogP contribution < -0.4 is 0 Å². The molecule has 13 nitrogen and oxygen atoms in total. The summed E-state index contributed by atoms with van der Waals surface area (Å²) in [7, 11) is 0. The van der Waals surface area contributed by atoms with E-state index < -0.39 is 85.6 Å². The Morgan fingerprint density at radius 1 is 0.681 bits per heavy atom. The molecule has 2 aliphatic heterocycles. The number of esters is 1. The number of aliphatic hydroxyl groups is 5. The first kappa shape index (κ1) is 41.5. The maximum atomic E-state index is 13.2. The number of carbonyl (C=O) groups excluding carboxylic acids is 1. The normalized spacial score (nSPS) is 32.7. The van der Waals surface area contributed by atoms with Crippen molar-refractivity contribution >= 4 is 11.9 Å². The van der Waals surface area contributed by atoms with E-state index in [9.17, 15) is 40.2 Å². The number of hydrogen-bond acceptors (Lipinski definition) is 12. The summed E-state index contributed by atoms with van der Waals surface area (Å²) < 4.78 is 29.1. The molecule has 0 amide bonds. The molecule has 0 saturated carbocycles. The minimum Gasteiger partial charge on any atom is -0.481 e. The average Bonchev–Trinajstić information content (AvgIpc) is 3.02. The van der Waals surface area contributed by atoms with E-state index in [4.69, 9.17) is 23.7 Å². The van der Waals surface area contributed by atoms with Crippen molar-refractivity contribution < 1.29 is 63.9 Å². The van der Waals surface area contributed by atoms with Crippen molar-refractivity contribution in [3.8, 4) is 0 Å². The average molecular weight is 677 g/mol. The second-order valence-corrected chi connectivity index (χ2v) is 12.9. The van der Waals surface area contributed by atoms with Gasteiger partial charge in [-0.3, -0.25) is 9.59 Å². The molecule has 0 aromatic heterocycles. The molecule has 0 unspecified atom stereocenters. The monoisotopic (exact) mass is 676 g/mol. The fourth-order valence-electron chi connectivity index (χ4n) is 5.77. The van der Waals surface area contributed by atoms with E-state index in [0.29, 0.717) is 19.3 Å². The predicted molar refractivity (Wildman–Crippen MR) is 171 cm³/mol. The van der Waals surface area contributed by atoms with Crippen LogP contribution in [0.4, 0.5) is 0 Å². The van der Waals surface area contributed by atoms with Gasteiger partial charge in [0.25, 0.3) is 0 Å². The van der Waals surface area contributed by atoms with Crippen molar-refractivity contribution in [3.05, 3.63) is 12.2 Å². The highest BCUT2D eigenvalue weighted by Gasteiger charge is 2.50. The summed E-state index contributed by atoms with van der Waals surface area (Å²) in [4.78, 5) is 24.7. The Morgan fingerprint density at radius 3 is 1.94 bits per heavy atom. The van der Waals surface area contributed by atoms with Gasteiger partial charge in [0.15, 0.2) is 12.6 Å². The van der Waals surface area contributed by atoms with Gasteiger partial charge in [0.2, 0.25) is 0 Å². The van der Waals surface area contributed by atoms with Crippen molar-refractivity contribution in [3.63, 3.8) is 0 Å². The van der Waals surface area contributed by atoms with Gasteiger partial charge in [0, 0.05) is 0 Å². The van der Waals surface area contributed by atoms with Crippen LogP contribution >= 0.6 is 0 Å². The summed E-state index contributed by atoms with van der Waals surface area (Å²) in [6.45, 7) is 7.25. The first-order valence-corrected chi connectivity index (χ1v) is 17.5. The molecule has 2 saturated heterocycles. The molecule has 0 aromatic carbocycles. The highest BCUT2D eigenvalue weighted by atomic mass is 16.8. The third-order valence-corrected chi connectivity index (χ3v) is 8.73. The van der Waals surface area contributed by atoms with E-state index in [1.807, 2.05) is 6.08 Å². The van der Waals surface area contributed by atoms with Gasteiger partial charge in [0.05, 0.1) is 31.2 Å². The Bertz CT molecular complexity index is 916. The number of aliphatic carboxylic acids is 1. The highest BCUT2D eigenvalue weighted by Crippen LogP contribution is 2.31. The lowest BCUT2D eigenvalue weighted by Crippen LogP contribution is -2.63. The minimum absolute atomic E-state index is 0.236. The van der Waals surface area contributed by atoms with Crippen molar-refractivity contribution in [2.45, 2.75) is 191 Å². The number of carboxylic acid groups (broad SMARTS) is 1. The van der Waals surface area contributed by atoms with Crippen molar-refractivity contribution in [2.24, 2.45) is 0 Å². The summed E-state index contributed by atoms with van der Waals surface area (Å²) in [6.07, 6.45) is -1.34. The smallest absolute Gasteiger partial charge is 0.308 e. The molecule has 2 heterocycles. The molecule has 12 atom stereocenters. The Kier molecular flexibility index (Phi) is 19.5. The van der Waals surface area contributed by atoms with Crippen LogP contribution in [0.3, 0.4) is 0 Å². The van der Waals surface area contributed by atoms with Gasteiger partial charge in [-0.2, -0.15) is 0 Å². The minimum atomic E-state index is -1.68. The van der Waals surface area contributed by atoms with Crippen LogP contribution in [0.5, 0.6) is 0 Å². The second-order valence-electron chi connectivity index (χ2n) is 12.9. The van der Waals surface area contributed by atoms with Crippen LogP contribution in [0, 0.1) is 0 Å². The predicted octanol–water partition coefficient (Wildman–Crippen LogP) is 3.10. The fourth-order valence-corrected chi connectivity index (χ4v) is 5.77. The van der Waals surface area contributed by atoms with Crippen molar-refractivity contribution in [1.29, 1.82) is 0 Å². The van der Waals surface area contributed by atoms with E-state index in [1.165, 1.54) is 13.8 Å². The van der Waals surface area contributed by atoms with Crippen LogP contribution in [-0.4, -0.2) is 116 Å². The molecule has 0 radical (unpaired) electrons. The zero-order chi connectivity index (χ0) is 34.9. The lowest BCUT2D eigenvalue weighted by Gasteiger charge is -2.46. The maximum absolute atomic E-state index is 13.2. The number of ether oxygens (including phenoxy) is 5. The van der Waals surface area contributed by atoms with Gasteiger partial charge < -0.3 is 54.3 Å². The number of carbonyl (C=O) groups is 2. The van der Waals surface area contributed by atoms with Gasteiger partial charge >= 0.3 is 11.9 Å². The van der Waals surface area contributed by atoms with Gasteiger partial charge in [-0.25, -0.2) is 0 Å². The molecule has 0 bridgehead atoms. The summed E-state index contributed by atoms with van der Waals surface area (Å²) in [5, 5.41) is 61.8. The molecular formula is C34H60O13. The molecule has 0 aromatic rings. The van der Waals surface area contributed by atoms with Crippen LogP contribution in [0.1, 0.15) is 118 Å².